The van der Waals surface area contributed by atoms with Gasteiger partial charge in [-0.3, -0.25) is 4.90 Å². The maximum absolute atomic E-state index is 4.43. The average molecular weight is 283 g/mol. The first kappa shape index (κ1) is 14.3. The highest BCUT2D eigenvalue weighted by Gasteiger charge is 2.20. The summed E-state index contributed by atoms with van der Waals surface area (Å²) in [6.07, 6.45) is 7.02. The van der Waals surface area contributed by atoms with Gasteiger partial charge < -0.3 is 4.98 Å². The van der Waals surface area contributed by atoms with E-state index in [0.717, 1.165) is 12.5 Å². The van der Waals surface area contributed by atoms with Crippen LogP contribution in [0.5, 0.6) is 0 Å². The van der Waals surface area contributed by atoms with Crippen molar-refractivity contribution in [2.75, 3.05) is 13.1 Å². The number of hydrogen-bond acceptors (Lipinski definition) is 2. The Bertz CT molecular complexity index is 547. The van der Waals surface area contributed by atoms with E-state index in [1.807, 2.05) is 6.33 Å². The third kappa shape index (κ3) is 3.94. The summed E-state index contributed by atoms with van der Waals surface area (Å²) in [6.45, 7) is 5.55. The van der Waals surface area contributed by atoms with Crippen molar-refractivity contribution in [1.29, 1.82) is 0 Å². The van der Waals surface area contributed by atoms with Crippen LogP contribution in [0.25, 0.3) is 0 Å². The average Bonchev–Trinajstić information content (AvgIpc) is 2.92. The molecular weight excluding hydrogens is 258 g/mol. The number of benzene rings is 1. The summed E-state index contributed by atoms with van der Waals surface area (Å²) in [4.78, 5) is 10.2. The minimum Gasteiger partial charge on any atom is -0.348 e. The van der Waals surface area contributed by atoms with Crippen LogP contribution in [0, 0.1) is 12.8 Å². The molecule has 1 N–H and O–H groups in total. The molecule has 1 saturated heterocycles. The van der Waals surface area contributed by atoms with Gasteiger partial charge in [0.15, 0.2) is 0 Å². The maximum atomic E-state index is 4.43. The van der Waals surface area contributed by atoms with Crippen LogP contribution in [0.2, 0.25) is 0 Å². The summed E-state index contributed by atoms with van der Waals surface area (Å²) in [5.74, 6) is 0.832. The quantitative estimate of drug-likeness (QED) is 0.910. The number of aromatic nitrogens is 2. The van der Waals surface area contributed by atoms with Gasteiger partial charge in [-0.1, -0.05) is 30.3 Å². The van der Waals surface area contributed by atoms with Crippen molar-refractivity contribution in [2.45, 2.75) is 39.2 Å². The Kier molecular flexibility index (Phi) is 4.71. The highest BCUT2D eigenvalue weighted by Crippen LogP contribution is 2.23. The van der Waals surface area contributed by atoms with Gasteiger partial charge in [0.1, 0.15) is 0 Å². The molecule has 1 aromatic heterocycles. The fraction of sp³-hybridized carbons (Fsp3) is 0.500. The second kappa shape index (κ2) is 6.90. The monoisotopic (exact) mass is 283 g/mol. The van der Waals surface area contributed by atoms with Gasteiger partial charge in [-0.05, 0) is 50.6 Å². The Morgan fingerprint density at radius 2 is 2.14 bits per heavy atom. The highest BCUT2D eigenvalue weighted by molar-refractivity contribution is 5.14. The number of nitrogens with one attached hydrogen (secondary N) is 1. The van der Waals surface area contributed by atoms with Crippen LogP contribution in [0.1, 0.15) is 36.2 Å². The number of hydrogen-bond donors (Lipinski definition) is 1. The van der Waals surface area contributed by atoms with Gasteiger partial charge in [-0.15, -0.1) is 0 Å². The SMILES string of the molecule is Cc1[nH]cnc1CN1CCC[C@@H](CCc2ccccc2)C1. The Labute approximate surface area is 127 Å². The Morgan fingerprint density at radius 3 is 2.90 bits per heavy atom. The van der Waals surface area contributed by atoms with E-state index in [9.17, 15) is 0 Å². The van der Waals surface area contributed by atoms with Gasteiger partial charge in [-0.25, -0.2) is 4.98 Å². The second-order valence-electron chi connectivity index (χ2n) is 6.24. The highest BCUT2D eigenvalue weighted by atomic mass is 15.1. The van der Waals surface area contributed by atoms with Crippen molar-refractivity contribution in [3.8, 4) is 0 Å². The van der Waals surface area contributed by atoms with Crippen molar-refractivity contribution in [1.82, 2.24) is 14.9 Å². The zero-order valence-corrected chi connectivity index (χ0v) is 12.9. The summed E-state index contributed by atoms with van der Waals surface area (Å²) >= 11 is 0. The first-order valence-electron chi connectivity index (χ1n) is 8.06. The smallest absolute Gasteiger partial charge is 0.0925 e. The second-order valence-corrected chi connectivity index (χ2v) is 6.24. The first-order chi connectivity index (χ1) is 10.3. The largest absolute Gasteiger partial charge is 0.348 e. The lowest BCUT2D eigenvalue weighted by atomic mass is 9.91. The van der Waals surface area contributed by atoms with Gasteiger partial charge in [0.25, 0.3) is 0 Å². The normalized spacial score (nSPS) is 19.8. The predicted molar refractivity (Wildman–Crippen MR) is 86.1 cm³/mol. The Morgan fingerprint density at radius 1 is 1.29 bits per heavy atom. The molecule has 3 heteroatoms. The molecule has 0 spiro atoms. The van der Waals surface area contributed by atoms with Crippen molar-refractivity contribution in [3.63, 3.8) is 0 Å². The van der Waals surface area contributed by atoms with Crippen molar-refractivity contribution < 1.29 is 0 Å². The predicted octanol–water partition coefficient (Wildman–Crippen LogP) is 3.56. The molecule has 0 aliphatic carbocycles. The molecule has 1 aliphatic heterocycles. The van der Waals surface area contributed by atoms with E-state index in [0.29, 0.717) is 0 Å². The summed E-state index contributed by atoms with van der Waals surface area (Å²) < 4.78 is 0. The van der Waals surface area contributed by atoms with Crippen molar-refractivity contribution >= 4 is 0 Å². The molecule has 0 unspecified atom stereocenters. The molecule has 1 fully saturated rings. The fourth-order valence-electron chi connectivity index (χ4n) is 3.30. The van der Waals surface area contributed by atoms with Crippen LogP contribution in [-0.2, 0) is 13.0 Å². The molecule has 2 heterocycles. The van der Waals surface area contributed by atoms with E-state index in [4.69, 9.17) is 0 Å². The maximum Gasteiger partial charge on any atom is 0.0925 e. The van der Waals surface area contributed by atoms with E-state index in [2.05, 4.69) is 52.1 Å². The lowest BCUT2D eigenvalue weighted by molar-refractivity contribution is 0.160. The number of H-pyrrole nitrogens is 1. The number of aromatic amines is 1. The van der Waals surface area contributed by atoms with Gasteiger partial charge in [-0.2, -0.15) is 0 Å². The van der Waals surface area contributed by atoms with Crippen LogP contribution < -0.4 is 0 Å². The summed E-state index contributed by atoms with van der Waals surface area (Å²) in [5.41, 5.74) is 3.89. The Hall–Kier alpha value is -1.61. The van der Waals surface area contributed by atoms with E-state index >= 15 is 0 Å². The number of aryl methyl sites for hydroxylation is 2. The number of nitrogens with zero attached hydrogens (tertiary/aromatic N) is 2. The van der Waals surface area contributed by atoms with Crippen LogP contribution in [-0.4, -0.2) is 28.0 Å². The number of likely N-dealkylation sites (tertiary alicyclic amines) is 1. The standard InChI is InChI=1S/C18H25N3/c1-15-18(20-14-19-15)13-21-11-5-8-17(12-21)10-9-16-6-3-2-4-7-16/h2-4,6-7,14,17H,5,8-13H2,1H3,(H,19,20)/t17-/m0/s1. The van der Waals surface area contributed by atoms with Gasteiger partial charge in [0, 0.05) is 18.8 Å². The molecule has 2 aromatic rings. The topological polar surface area (TPSA) is 31.9 Å². The lowest BCUT2D eigenvalue weighted by Gasteiger charge is -2.32. The molecule has 0 amide bonds. The molecule has 112 valence electrons. The fourth-order valence-corrected chi connectivity index (χ4v) is 3.30. The number of rotatable bonds is 5. The van der Waals surface area contributed by atoms with Gasteiger partial charge in [0.05, 0.1) is 12.0 Å². The number of imidazole rings is 1. The van der Waals surface area contributed by atoms with Crippen LogP contribution >= 0.6 is 0 Å². The molecule has 1 aromatic carbocycles. The molecule has 1 aliphatic rings. The minimum absolute atomic E-state index is 0.832. The van der Waals surface area contributed by atoms with E-state index in [-0.39, 0.29) is 0 Å². The van der Waals surface area contributed by atoms with Gasteiger partial charge in [0.2, 0.25) is 0 Å². The van der Waals surface area contributed by atoms with Crippen LogP contribution in [0.15, 0.2) is 36.7 Å². The van der Waals surface area contributed by atoms with Crippen molar-refractivity contribution in [3.05, 3.63) is 53.6 Å². The zero-order valence-electron chi connectivity index (χ0n) is 12.9. The molecular formula is C18H25N3. The molecule has 21 heavy (non-hydrogen) atoms. The molecule has 3 rings (SSSR count). The Balaban J connectivity index is 1.50. The molecule has 1 atom stereocenters. The number of piperidine rings is 1. The zero-order chi connectivity index (χ0) is 14.5. The van der Waals surface area contributed by atoms with E-state index in [1.165, 1.54) is 55.7 Å². The van der Waals surface area contributed by atoms with Crippen LogP contribution in [0.4, 0.5) is 0 Å². The molecule has 0 saturated carbocycles. The van der Waals surface area contributed by atoms with E-state index < -0.39 is 0 Å². The molecule has 3 nitrogen and oxygen atoms in total. The summed E-state index contributed by atoms with van der Waals surface area (Å²) in [7, 11) is 0. The van der Waals surface area contributed by atoms with Crippen molar-refractivity contribution in [2.24, 2.45) is 5.92 Å². The molecule has 0 radical (unpaired) electrons. The van der Waals surface area contributed by atoms with E-state index in [1.54, 1.807) is 0 Å². The summed E-state index contributed by atoms with van der Waals surface area (Å²) in [6, 6.07) is 10.9. The van der Waals surface area contributed by atoms with Gasteiger partial charge >= 0.3 is 0 Å². The minimum atomic E-state index is 0.832. The lowest BCUT2D eigenvalue weighted by Crippen LogP contribution is -2.35. The first-order valence-corrected chi connectivity index (χ1v) is 8.06. The summed E-state index contributed by atoms with van der Waals surface area (Å²) in [5, 5.41) is 0. The third-order valence-corrected chi connectivity index (χ3v) is 4.59. The van der Waals surface area contributed by atoms with Crippen LogP contribution in [0.3, 0.4) is 0 Å². The third-order valence-electron chi connectivity index (χ3n) is 4.59. The molecule has 0 bridgehead atoms.